The molecule has 2 aromatic rings. The lowest BCUT2D eigenvalue weighted by molar-refractivity contribution is 0.458. The maximum atomic E-state index is 9.24. The van der Waals surface area contributed by atoms with Crippen LogP contribution in [0, 0.1) is 0 Å². The number of alkyl halides is 1. The molecule has 1 aromatic heterocycles. The van der Waals surface area contributed by atoms with Crippen molar-refractivity contribution in [1.29, 1.82) is 0 Å². The summed E-state index contributed by atoms with van der Waals surface area (Å²) in [7, 11) is 0. The van der Waals surface area contributed by atoms with E-state index in [1.807, 2.05) is 6.07 Å². The summed E-state index contributed by atoms with van der Waals surface area (Å²) in [6.45, 7) is 0. The molecule has 0 amide bonds. The number of H-pyrrole nitrogens is 1. The molecule has 0 bridgehead atoms. The van der Waals surface area contributed by atoms with Crippen molar-refractivity contribution in [3.8, 4) is 5.88 Å². The number of fused-ring (bicyclic) bond motifs is 1. The normalized spacial score (nSPS) is 11.0. The van der Waals surface area contributed by atoms with Crippen molar-refractivity contribution in [3.63, 3.8) is 0 Å². The topological polar surface area (TPSA) is 36.0 Å². The van der Waals surface area contributed by atoms with E-state index in [1.54, 1.807) is 12.1 Å². The number of aryl methyl sites for hydroxylation is 1. The Bertz CT molecular complexity index is 464. The number of aromatic amines is 1. The Balaban J connectivity index is 2.58. The molecular formula is C10H9Cl2NO. The second-order valence-corrected chi connectivity index (χ2v) is 3.91. The highest BCUT2D eigenvalue weighted by Gasteiger charge is 2.05. The van der Waals surface area contributed by atoms with Gasteiger partial charge < -0.3 is 10.1 Å². The van der Waals surface area contributed by atoms with Crippen LogP contribution in [0.1, 0.15) is 5.56 Å². The SMILES string of the molecule is Oc1cc2cc(CCCl)c(Cl)cc2[nH]1. The predicted molar refractivity (Wildman–Crippen MR) is 59.4 cm³/mol. The molecule has 1 aromatic carbocycles. The molecule has 74 valence electrons. The van der Waals surface area contributed by atoms with Gasteiger partial charge in [0.15, 0.2) is 5.88 Å². The molecule has 2 rings (SSSR count). The van der Waals surface area contributed by atoms with Crippen LogP contribution < -0.4 is 0 Å². The molecule has 0 spiro atoms. The third-order valence-corrected chi connectivity index (χ3v) is 2.68. The van der Waals surface area contributed by atoms with Crippen LogP contribution in [0.25, 0.3) is 10.9 Å². The number of aromatic hydroxyl groups is 1. The fourth-order valence-electron chi connectivity index (χ4n) is 1.48. The molecule has 1 heterocycles. The van der Waals surface area contributed by atoms with Crippen molar-refractivity contribution < 1.29 is 5.11 Å². The van der Waals surface area contributed by atoms with Crippen LogP contribution in [0.15, 0.2) is 18.2 Å². The molecule has 14 heavy (non-hydrogen) atoms. The first kappa shape index (κ1) is 9.69. The quantitative estimate of drug-likeness (QED) is 0.763. The monoisotopic (exact) mass is 229 g/mol. The van der Waals surface area contributed by atoms with Crippen molar-refractivity contribution in [2.45, 2.75) is 6.42 Å². The number of halogens is 2. The summed E-state index contributed by atoms with van der Waals surface area (Å²) < 4.78 is 0. The Kier molecular flexibility index (Phi) is 2.57. The molecule has 2 N–H and O–H groups in total. The van der Waals surface area contributed by atoms with Crippen molar-refractivity contribution >= 4 is 34.1 Å². The van der Waals surface area contributed by atoms with Crippen LogP contribution in [0.5, 0.6) is 5.88 Å². The van der Waals surface area contributed by atoms with Gasteiger partial charge in [0.1, 0.15) is 0 Å². The van der Waals surface area contributed by atoms with Crippen LogP contribution in [0.3, 0.4) is 0 Å². The summed E-state index contributed by atoms with van der Waals surface area (Å²) in [4.78, 5) is 2.81. The lowest BCUT2D eigenvalue weighted by Gasteiger charge is -2.01. The summed E-state index contributed by atoms with van der Waals surface area (Å²) in [6.07, 6.45) is 0.738. The van der Waals surface area contributed by atoms with E-state index in [-0.39, 0.29) is 5.88 Å². The van der Waals surface area contributed by atoms with Gasteiger partial charge in [0, 0.05) is 27.9 Å². The van der Waals surface area contributed by atoms with Crippen LogP contribution in [-0.4, -0.2) is 16.0 Å². The van der Waals surface area contributed by atoms with Crippen molar-refractivity contribution in [2.75, 3.05) is 5.88 Å². The number of hydrogen-bond donors (Lipinski definition) is 2. The average Bonchev–Trinajstić information content (AvgIpc) is 2.45. The van der Waals surface area contributed by atoms with Crippen molar-refractivity contribution in [3.05, 3.63) is 28.8 Å². The zero-order valence-corrected chi connectivity index (χ0v) is 8.86. The number of aromatic nitrogens is 1. The molecular weight excluding hydrogens is 221 g/mol. The third-order valence-electron chi connectivity index (χ3n) is 2.14. The number of benzene rings is 1. The van der Waals surface area contributed by atoms with Crippen LogP contribution >= 0.6 is 23.2 Å². The highest BCUT2D eigenvalue weighted by molar-refractivity contribution is 6.32. The highest BCUT2D eigenvalue weighted by atomic mass is 35.5. The molecule has 2 nitrogen and oxygen atoms in total. The van der Waals surface area contributed by atoms with Gasteiger partial charge >= 0.3 is 0 Å². The molecule has 4 heteroatoms. The fraction of sp³-hybridized carbons (Fsp3) is 0.200. The molecule has 0 unspecified atom stereocenters. The minimum Gasteiger partial charge on any atom is -0.495 e. The highest BCUT2D eigenvalue weighted by Crippen LogP contribution is 2.26. The Morgan fingerprint density at radius 1 is 1.29 bits per heavy atom. The number of nitrogens with one attached hydrogen (secondary N) is 1. The Morgan fingerprint density at radius 3 is 2.79 bits per heavy atom. The van der Waals surface area contributed by atoms with E-state index in [2.05, 4.69) is 4.98 Å². The lowest BCUT2D eigenvalue weighted by Crippen LogP contribution is -1.87. The maximum absolute atomic E-state index is 9.24. The fourth-order valence-corrected chi connectivity index (χ4v) is 1.94. The standard InChI is InChI=1S/C10H9Cl2NO/c11-2-1-6-3-7-4-10(14)13-9(7)5-8(6)12/h3-5,13-14H,1-2H2. The molecule has 0 saturated carbocycles. The first-order valence-corrected chi connectivity index (χ1v) is 5.18. The molecule has 0 aliphatic carbocycles. The van der Waals surface area contributed by atoms with E-state index in [0.717, 1.165) is 22.9 Å². The number of hydrogen-bond acceptors (Lipinski definition) is 1. The van der Waals surface area contributed by atoms with Crippen molar-refractivity contribution in [1.82, 2.24) is 4.98 Å². The minimum absolute atomic E-state index is 0.152. The van der Waals surface area contributed by atoms with Gasteiger partial charge in [-0.05, 0) is 24.1 Å². The van der Waals surface area contributed by atoms with Gasteiger partial charge in [-0.2, -0.15) is 0 Å². The lowest BCUT2D eigenvalue weighted by atomic mass is 10.1. The van der Waals surface area contributed by atoms with Gasteiger partial charge in [0.05, 0.1) is 0 Å². The third kappa shape index (κ3) is 1.68. The molecule has 0 aliphatic rings. The van der Waals surface area contributed by atoms with Gasteiger partial charge in [-0.15, -0.1) is 11.6 Å². The predicted octanol–water partition coefficient (Wildman–Crippen LogP) is 3.31. The summed E-state index contributed by atoms with van der Waals surface area (Å²) in [5.41, 5.74) is 1.85. The zero-order valence-electron chi connectivity index (χ0n) is 7.35. The summed E-state index contributed by atoms with van der Waals surface area (Å²) in [6, 6.07) is 5.41. The van der Waals surface area contributed by atoms with Crippen LogP contribution in [0.4, 0.5) is 0 Å². The zero-order chi connectivity index (χ0) is 10.1. The average molecular weight is 230 g/mol. The Labute approximate surface area is 91.5 Å². The molecule has 0 fully saturated rings. The smallest absolute Gasteiger partial charge is 0.189 e. The Hall–Kier alpha value is -0.860. The summed E-state index contributed by atoms with van der Waals surface area (Å²) >= 11 is 11.7. The van der Waals surface area contributed by atoms with E-state index in [0.29, 0.717) is 10.9 Å². The molecule has 0 saturated heterocycles. The molecule has 0 aliphatic heterocycles. The van der Waals surface area contributed by atoms with E-state index >= 15 is 0 Å². The second kappa shape index (κ2) is 3.71. The van der Waals surface area contributed by atoms with Gasteiger partial charge in [-0.25, -0.2) is 0 Å². The van der Waals surface area contributed by atoms with Gasteiger partial charge in [-0.3, -0.25) is 0 Å². The summed E-state index contributed by atoms with van der Waals surface area (Å²) in [5, 5.41) is 10.9. The molecule has 0 atom stereocenters. The number of rotatable bonds is 2. The van der Waals surface area contributed by atoms with Gasteiger partial charge in [0.25, 0.3) is 0 Å². The Morgan fingerprint density at radius 2 is 2.07 bits per heavy atom. The van der Waals surface area contributed by atoms with Crippen LogP contribution in [0.2, 0.25) is 5.02 Å². The minimum atomic E-state index is 0.152. The van der Waals surface area contributed by atoms with E-state index in [4.69, 9.17) is 23.2 Å². The van der Waals surface area contributed by atoms with E-state index in [9.17, 15) is 5.11 Å². The second-order valence-electron chi connectivity index (χ2n) is 3.12. The largest absolute Gasteiger partial charge is 0.495 e. The van der Waals surface area contributed by atoms with Gasteiger partial charge in [-0.1, -0.05) is 11.6 Å². The van der Waals surface area contributed by atoms with Gasteiger partial charge in [0.2, 0.25) is 0 Å². The van der Waals surface area contributed by atoms with Crippen LogP contribution in [-0.2, 0) is 6.42 Å². The van der Waals surface area contributed by atoms with E-state index in [1.165, 1.54) is 0 Å². The van der Waals surface area contributed by atoms with Crippen molar-refractivity contribution in [2.24, 2.45) is 0 Å². The summed E-state index contributed by atoms with van der Waals surface area (Å²) in [5.74, 6) is 0.695. The first-order chi connectivity index (χ1) is 6.70. The van der Waals surface area contributed by atoms with E-state index < -0.39 is 0 Å². The molecule has 0 radical (unpaired) electrons. The first-order valence-electron chi connectivity index (χ1n) is 4.27. The maximum Gasteiger partial charge on any atom is 0.189 e.